The number of ether oxygens (including phenoxy) is 3. The van der Waals surface area contributed by atoms with Crippen molar-refractivity contribution in [3.05, 3.63) is 65.0 Å². The average Bonchev–Trinajstić information content (AvgIpc) is 3.23. The first-order chi connectivity index (χ1) is 17.1. The van der Waals surface area contributed by atoms with E-state index in [9.17, 15) is 9.59 Å². The quantitative estimate of drug-likeness (QED) is 0.415. The zero-order chi connectivity index (χ0) is 24.6. The standard InChI is InChI=1S/C27H33N3O5/c1-3-33-25(31)13-12-23-26(20(2)28-30(23)24-11-7-8-18-34-24)22-14-16-29(17-15-22)27(32)35-19-21-9-5-4-6-10-21/h4-6,9-10,12-14,24H,3,7-8,11,15-19H2,1-2H3/b13-12+. The summed E-state index contributed by atoms with van der Waals surface area (Å²) in [4.78, 5) is 26.3. The van der Waals surface area contributed by atoms with Crippen LogP contribution in [-0.4, -0.2) is 53.0 Å². The maximum Gasteiger partial charge on any atom is 0.410 e. The van der Waals surface area contributed by atoms with E-state index >= 15 is 0 Å². The average molecular weight is 480 g/mol. The SMILES string of the molecule is CCOC(=O)/C=C/c1c(C2=CCN(C(=O)OCc3ccccc3)CC2)c(C)nn1C1CCCCO1. The van der Waals surface area contributed by atoms with E-state index in [1.54, 1.807) is 17.9 Å². The molecular weight excluding hydrogens is 446 g/mol. The van der Waals surface area contributed by atoms with Gasteiger partial charge >= 0.3 is 12.1 Å². The lowest BCUT2D eigenvalue weighted by Crippen LogP contribution is -2.35. The van der Waals surface area contributed by atoms with Crippen LogP contribution in [0.5, 0.6) is 0 Å². The summed E-state index contributed by atoms with van der Waals surface area (Å²) in [5, 5.41) is 4.79. The smallest absolute Gasteiger partial charge is 0.410 e. The Morgan fingerprint density at radius 1 is 1.20 bits per heavy atom. The topological polar surface area (TPSA) is 82.9 Å². The van der Waals surface area contributed by atoms with Gasteiger partial charge in [0.05, 0.1) is 18.0 Å². The summed E-state index contributed by atoms with van der Waals surface area (Å²) in [5.41, 5.74) is 4.74. The van der Waals surface area contributed by atoms with Crippen molar-refractivity contribution in [3.8, 4) is 0 Å². The second-order valence-corrected chi connectivity index (χ2v) is 8.66. The fourth-order valence-electron chi connectivity index (χ4n) is 4.47. The molecular formula is C27H33N3O5. The van der Waals surface area contributed by atoms with Crippen molar-refractivity contribution in [3.63, 3.8) is 0 Å². The molecule has 0 bridgehead atoms. The minimum absolute atomic E-state index is 0.160. The summed E-state index contributed by atoms with van der Waals surface area (Å²) in [6.07, 6.45) is 8.43. The highest BCUT2D eigenvalue weighted by Crippen LogP contribution is 2.33. The number of esters is 1. The van der Waals surface area contributed by atoms with E-state index in [2.05, 4.69) is 0 Å². The molecule has 1 aromatic carbocycles. The van der Waals surface area contributed by atoms with Crippen LogP contribution in [0.4, 0.5) is 4.79 Å². The molecule has 0 radical (unpaired) electrons. The molecule has 8 heteroatoms. The van der Waals surface area contributed by atoms with Crippen LogP contribution in [0.25, 0.3) is 11.6 Å². The van der Waals surface area contributed by atoms with Gasteiger partial charge in [-0.2, -0.15) is 5.10 Å². The first-order valence-electron chi connectivity index (χ1n) is 12.3. The second-order valence-electron chi connectivity index (χ2n) is 8.66. The van der Waals surface area contributed by atoms with Crippen molar-refractivity contribution in [2.45, 2.75) is 52.4 Å². The molecule has 8 nitrogen and oxygen atoms in total. The number of hydrogen-bond acceptors (Lipinski definition) is 6. The van der Waals surface area contributed by atoms with Crippen LogP contribution in [0, 0.1) is 6.92 Å². The number of aryl methyl sites for hydroxylation is 1. The van der Waals surface area contributed by atoms with Gasteiger partial charge in [0.15, 0.2) is 6.23 Å². The van der Waals surface area contributed by atoms with Crippen molar-refractivity contribution >= 4 is 23.7 Å². The fourth-order valence-corrected chi connectivity index (χ4v) is 4.47. The highest BCUT2D eigenvalue weighted by Gasteiger charge is 2.27. The van der Waals surface area contributed by atoms with Gasteiger partial charge in [-0.25, -0.2) is 14.3 Å². The van der Waals surface area contributed by atoms with Gasteiger partial charge in [-0.1, -0.05) is 36.4 Å². The highest BCUT2D eigenvalue weighted by molar-refractivity contribution is 5.88. The number of benzene rings is 1. The predicted octanol–water partition coefficient (Wildman–Crippen LogP) is 4.89. The van der Waals surface area contributed by atoms with E-state index in [0.29, 0.717) is 32.7 Å². The van der Waals surface area contributed by atoms with E-state index in [0.717, 1.165) is 47.4 Å². The molecule has 4 rings (SSSR count). The molecule has 1 amide bonds. The zero-order valence-electron chi connectivity index (χ0n) is 20.4. The highest BCUT2D eigenvalue weighted by atomic mass is 16.6. The number of rotatable bonds is 7. The summed E-state index contributed by atoms with van der Waals surface area (Å²) < 4.78 is 18.4. The maximum atomic E-state index is 12.6. The molecule has 2 aliphatic rings. The monoisotopic (exact) mass is 479 g/mol. The van der Waals surface area contributed by atoms with Crippen molar-refractivity contribution < 1.29 is 23.8 Å². The lowest BCUT2D eigenvalue weighted by Gasteiger charge is -2.27. The first-order valence-corrected chi connectivity index (χ1v) is 12.3. The van der Waals surface area contributed by atoms with E-state index < -0.39 is 5.97 Å². The third-order valence-electron chi connectivity index (χ3n) is 6.21. The summed E-state index contributed by atoms with van der Waals surface area (Å²) in [6.45, 7) is 6.02. The molecule has 1 fully saturated rings. The van der Waals surface area contributed by atoms with Crippen molar-refractivity contribution in [2.75, 3.05) is 26.3 Å². The molecule has 1 saturated heterocycles. The van der Waals surface area contributed by atoms with Gasteiger partial charge in [-0.05, 0) is 56.7 Å². The van der Waals surface area contributed by atoms with Gasteiger partial charge in [0.1, 0.15) is 6.61 Å². The van der Waals surface area contributed by atoms with Crippen LogP contribution in [-0.2, 0) is 25.6 Å². The molecule has 1 aromatic heterocycles. The van der Waals surface area contributed by atoms with Crippen molar-refractivity contribution in [1.82, 2.24) is 14.7 Å². The Hall–Kier alpha value is -3.39. The molecule has 0 spiro atoms. The first kappa shape index (κ1) is 24.7. The Morgan fingerprint density at radius 3 is 2.71 bits per heavy atom. The van der Waals surface area contributed by atoms with Gasteiger partial charge in [0.25, 0.3) is 0 Å². The third kappa shape index (κ3) is 6.19. The van der Waals surface area contributed by atoms with E-state index in [-0.39, 0.29) is 18.9 Å². The lowest BCUT2D eigenvalue weighted by atomic mass is 9.97. The van der Waals surface area contributed by atoms with Gasteiger partial charge in [-0.3, -0.25) is 0 Å². The molecule has 186 valence electrons. The Bertz CT molecular complexity index is 1080. The van der Waals surface area contributed by atoms with Gasteiger partial charge in [0.2, 0.25) is 0 Å². The number of hydrogen-bond donors (Lipinski definition) is 0. The van der Waals surface area contributed by atoms with Crippen molar-refractivity contribution in [1.29, 1.82) is 0 Å². The van der Waals surface area contributed by atoms with Gasteiger partial charge < -0.3 is 19.1 Å². The van der Waals surface area contributed by atoms with Crippen LogP contribution >= 0.6 is 0 Å². The van der Waals surface area contributed by atoms with Crippen LogP contribution < -0.4 is 0 Å². The van der Waals surface area contributed by atoms with Gasteiger partial charge in [0, 0.05) is 31.3 Å². The minimum atomic E-state index is -0.390. The van der Waals surface area contributed by atoms with Crippen LogP contribution in [0.2, 0.25) is 0 Å². The molecule has 1 unspecified atom stereocenters. The summed E-state index contributed by atoms with van der Waals surface area (Å²) >= 11 is 0. The van der Waals surface area contributed by atoms with Crippen molar-refractivity contribution in [2.24, 2.45) is 0 Å². The molecule has 0 aliphatic carbocycles. The number of aromatic nitrogens is 2. The molecule has 3 heterocycles. The number of amides is 1. The van der Waals surface area contributed by atoms with Crippen LogP contribution in [0.1, 0.15) is 61.3 Å². The normalized spacial score (nSPS) is 18.4. The molecule has 2 aliphatic heterocycles. The molecule has 1 atom stereocenters. The number of carbonyl (C=O) groups excluding carboxylic acids is 2. The maximum absolute atomic E-state index is 12.6. The molecule has 2 aromatic rings. The summed E-state index contributed by atoms with van der Waals surface area (Å²) in [5.74, 6) is -0.390. The minimum Gasteiger partial charge on any atom is -0.463 e. The van der Waals surface area contributed by atoms with E-state index in [4.69, 9.17) is 19.3 Å². The molecule has 0 saturated carbocycles. The van der Waals surface area contributed by atoms with Gasteiger partial charge in [-0.15, -0.1) is 0 Å². The van der Waals surface area contributed by atoms with Crippen LogP contribution in [0.15, 0.2) is 42.5 Å². The Morgan fingerprint density at radius 2 is 2.03 bits per heavy atom. The molecule has 35 heavy (non-hydrogen) atoms. The van der Waals surface area contributed by atoms with Crippen LogP contribution in [0.3, 0.4) is 0 Å². The second kappa shape index (κ2) is 11.8. The molecule has 0 N–H and O–H groups in total. The Balaban J connectivity index is 1.52. The number of nitrogens with zero attached hydrogens (tertiary/aromatic N) is 3. The predicted molar refractivity (Wildman–Crippen MR) is 132 cm³/mol. The largest absolute Gasteiger partial charge is 0.463 e. The van der Waals surface area contributed by atoms with E-state index in [1.165, 1.54) is 6.08 Å². The Labute approximate surface area is 206 Å². The third-order valence-corrected chi connectivity index (χ3v) is 6.21. The lowest BCUT2D eigenvalue weighted by molar-refractivity contribution is -0.137. The van der Waals surface area contributed by atoms with E-state index in [1.807, 2.05) is 48.0 Å². The number of carbonyl (C=O) groups is 2. The Kier molecular flexibility index (Phi) is 8.36. The summed E-state index contributed by atoms with van der Waals surface area (Å²) in [6, 6.07) is 9.65. The fraction of sp³-hybridized carbons (Fsp3) is 0.444. The zero-order valence-corrected chi connectivity index (χ0v) is 20.4. The summed E-state index contributed by atoms with van der Waals surface area (Å²) in [7, 11) is 0.